The maximum absolute atomic E-state index is 8.98. The van der Waals surface area contributed by atoms with Crippen LogP contribution in [0, 0.1) is 11.3 Å². The predicted octanol–water partition coefficient (Wildman–Crippen LogP) is 2.38. The van der Waals surface area contributed by atoms with Crippen LogP contribution in [0.15, 0.2) is 36.5 Å². The molecule has 3 rings (SSSR count). The Kier molecular flexibility index (Phi) is 3.88. The molecule has 0 saturated heterocycles. The number of anilines is 1. The van der Waals surface area contributed by atoms with Gasteiger partial charge in [-0.15, -0.1) is 0 Å². The van der Waals surface area contributed by atoms with Gasteiger partial charge in [0.2, 0.25) is 0 Å². The highest BCUT2D eigenvalue weighted by molar-refractivity contribution is 5.53. The molecule has 2 aromatic rings. The number of aromatic nitrogens is 1. The molecular weight excluding hydrogens is 266 g/mol. The lowest BCUT2D eigenvalue weighted by molar-refractivity contribution is 0.171. The molecule has 1 aromatic heterocycles. The Morgan fingerprint density at radius 2 is 2.05 bits per heavy atom. The number of ether oxygens (including phenoxy) is 2. The van der Waals surface area contributed by atoms with Crippen molar-refractivity contribution in [2.24, 2.45) is 0 Å². The molecule has 2 heterocycles. The molecule has 0 aliphatic carbocycles. The molecule has 1 aliphatic heterocycles. The predicted molar refractivity (Wildman–Crippen MR) is 78.6 cm³/mol. The zero-order chi connectivity index (χ0) is 14.5. The summed E-state index contributed by atoms with van der Waals surface area (Å²) < 4.78 is 11.1. The van der Waals surface area contributed by atoms with Crippen LogP contribution in [-0.2, 0) is 6.42 Å². The monoisotopic (exact) mass is 281 g/mol. The van der Waals surface area contributed by atoms with E-state index < -0.39 is 0 Å². The van der Waals surface area contributed by atoms with E-state index in [-0.39, 0.29) is 0 Å². The molecule has 0 unspecified atom stereocenters. The van der Waals surface area contributed by atoms with Gasteiger partial charge in [0, 0.05) is 12.7 Å². The first-order valence-corrected chi connectivity index (χ1v) is 6.84. The van der Waals surface area contributed by atoms with Crippen molar-refractivity contribution in [3.05, 3.63) is 47.8 Å². The average Bonchev–Trinajstić information content (AvgIpc) is 2.55. The van der Waals surface area contributed by atoms with E-state index in [4.69, 9.17) is 14.7 Å². The Morgan fingerprint density at radius 1 is 1.19 bits per heavy atom. The summed E-state index contributed by atoms with van der Waals surface area (Å²) in [6.07, 6.45) is 2.45. The van der Waals surface area contributed by atoms with Crippen LogP contribution in [-0.4, -0.2) is 24.7 Å². The second-order valence-electron chi connectivity index (χ2n) is 4.67. The largest absolute Gasteiger partial charge is 0.486 e. The highest BCUT2D eigenvalue weighted by atomic mass is 16.6. The minimum atomic E-state index is 0.416. The number of nitrogens with zero attached hydrogens (tertiary/aromatic N) is 2. The summed E-state index contributed by atoms with van der Waals surface area (Å²) in [7, 11) is 0. The molecule has 0 saturated carbocycles. The van der Waals surface area contributed by atoms with Gasteiger partial charge in [-0.25, -0.2) is 4.98 Å². The lowest BCUT2D eigenvalue weighted by atomic mass is 10.1. The summed E-state index contributed by atoms with van der Waals surface area (Å²) >= 11 is 0. The van der Waals surface area contributed by atoms with Crippen molar-refractivity contribution >= 4 is 5.69 Å². The third-order valence-electron chi connectivity index (χ3n) is 3.25. The maximum atomic E-state index is 8.98. The lowest BCUT2D eigenvalue weighted by Gasteiger charge is -2.19. The molecule has 1 aromatic carbocycles. The standard InChI is InChI=1S/C16H15N3O2/c17-11-14-13(2-1-6-18-14)19-7-5-12-3-4-15-16(10-12)21-9-8-20-15/h1-4,6,10,19H,5,7-9H2. The van der Waals surface area contributed by atoms with Crippen molar-refractivity contribution in [2.75, 3.05) is 25.1 Å². The van der Waals surface area contributed by atoms with Gasteiger partial charge in [0.25, 0.3) is 0 Å². The Balaban J connectivity index is 1.62. The highest BCUT2D eigenvalue weighted by Crippen LogP contribution is 2.30. The number of hydrogen-bond acceptors (Lipinski definition) is 5. The number of nitriles is 1. The van der Waals surface area contributed by atoms with E-state index >= 15 is 0 Å². The average molecular weight is 281 g/mol. The van der Waals surface area contributed by atoms with Crippen molar-refractivity contribution in [2.45, 2.75) is 6.42 Å². The van der Waals surface area contributed by atoms with Gasteiger partial charge in [0.15, 0.2) is 17.2 Å². The van der Waals surface area contributed by atoms with E-state index in [1.807, 2.05) is 30.3 Å². The van der Waals surface area contributed by atoms with Crippen molar-refractivity contribution in [3.63, 3.8) is 0 Å². The second-order valence-corrected chi connectivity index (χ2v) is 4.67. The van der Waals surface area contributed by atoms with Crippen LogP contribution < -0.4 is 14.8 Å². The summed E-state index contributed by atoms with van der Waals surface area (Å²) in [5.41, 5.74) is 2.34. The van der Waals surface area contributed by atoms with Crippen LogP contribution in [0.4, 0.5) is 5.69 Å². The number of rotatable bonds is 4. The van der Waals surface area contributed by atoms with Gasteiger partial charge in [-0.3, -0.25) is 0 Å². The summed E-state index contributed by atoms with van der Waals surface area (Å²) in [5.74, 6) is 1.61. The Labute approximate surface area is 123 Å². The summed E-state index contributed by atoms with van der Waals surface area (Å²) in [6, 6.07) is 11.7. The maximum Gasteiger partial charge on any atom is 0.163 e. The zero-order valence-corrected chi connectivity index (χ0v) is 11.5. The molecule has 5 nitrogen and oxygen atoms in total. The Morgan fingerprint density at radius 3 is 2.90 bits per heavy atom. The third-order valence-corrected chi connectivity index (χ3v) is 3.25. The van der Waals surface area contributed by atoms with E-state index in [0.29, 0.717) is 18.9 Å². The molecule has 0 bridgehead atoms. The molecule has 0 atom stereocenters. The SMILES string of the molecule is N#Cc1ncccc1NCCc1ccc2c(c1)OCCO2. The van der Waals surface area contributed by atoms with Gasteiger partial charge in [0.1, 0.15) is 19.3 Å². The molecular formula is C16H15N3O2. The normalized spacial score (nSPS) is 12.5. The van der Waals surface area contributed by atoms with E-state index in [9.17, 15) is 0 Å². The lowest BCUT2D eigenvalue weighted by Crippen LogP contribution is -2.15. The van der Waals surface area contributed by atoms with Gasteiger partial charge in [-0.05, 0) is 36.2 Å². The van der Waals surface area contributed by atoms with Crippen molar-refractivity contribution in [1.82, 2.24) is 4.98 Å². The molecule has 0 amide bonds. The van der Waals surface area contributed by atoms with Crippen LogP contribution in [0.2, 0.25) is 0 Å². The number of hydrogen-bond donors (Lipinski definition) is 1. The molecule has 1 aliphatic rings. The molecule has 0 fully saturated rings. The van der Waals surface area contributed by atoms with E-state index in [2.05, 4.69) is 16.4 Å². The molecule has 0 spiro atoms. The molecule has 106 valence electrons. The fourth-order valence-corrected chi connectivity index (χ4v) is 2.22. The number of benzene rings is 1. The van der Waals surface area contributed by atoms with E-state index in [0.717, 1.165) is 35.7 Å². The van der Waals surface area contributed by atoms with Gasteiger partial charge in [-0.1, -0.05) is 6.07 Å². The zero-order valence-electron chi connectivity index (χ0n) is 11.5. The number of nitrogens with one attached hydrogen (secondary N) is 1. The highest BCUT2D eigenvalue weighted by Gasteiger charge is 2.11. The number of fused-ring (bicyclic) bond motifs is 1. The van der Waals surface area contributed by atoms with Gasteiger partial charge in [-0.2, -0.15) is 5.26 Å². The van der Waals surface area contributed by atoms with Crippen molar-refractivity contribution < 1.29 is 9.47 Å². The van der Waals surface area contributed by atoms with Crippen LogP contribution >= 0.6 is 0 Å². The summed E-state index contributed by atoms with van der Waals surface area (Å²) in [5, 5.41) is 12.2. The minimum Gasteiger partial charge on any atom is -0.486 e. The van der Waals surface area contributed by atoms with E-state index in [1.165, 1.54) is 0 Å². The fourth-order valence-electron chi connectivity index (χ4n) is 2.22. The Hall–Kier alpha value is -2.74. The first-order chi connectivity index (χ1) is 10.4. The minimum absolute atomic E-state index is 0.416. The smallest absolute Gasteiger partial charge is 0.163 e. The van der Waals surface area contributed by atoms with Crippen LogP contribution in [0.1, 0.15) is 11.3 Å². The molecule has 1 N–H and O–H groups in total. The topological polar surface area (TPSA) is 67.2 Å². The second kappa shape index (κ2) is 6.14. The molecule has 5 heteroatoms. The third kappa shape index (κ3) is 3.06. The Bertz CT molecular complexity index is 679. The van der Waals surface area contributed by atoms with Crippen LogP contribution in [0.5, 0.6) is 11.5 Å². The van der Waals surface area contributed by atoms with E-state index in [1.54, 1.807) is 6.20 Å². The van der Waals surface area contributed by atoms with Crippen molar-refractivity contribution in [1.29, 1.82) is 5.26 Å². The van der Waals surface area contributed by atoms with Gasteiger partial charge < -0.3 is 14.8 Å². The molecule has 0 radical (unpaired) electrons. The van der Waals surface area contributed by atoms with Gasteiger partial charge in [0.05, 0.1) is 5.69 Å². The first-order valence-electron chi connectivity index (χ1n) is 6.84. The first kappa shape index (κ1) is 13.3. The van der Waals surface area contributed by atoms with Gasteiger partial charge >= 0.3 is 0 Å². The summed E-state index contributed by atoms with van der Waals surface area (Å²) in [4.78, 5) is 4.02. The number of pyridine rings is 1. The van der Waals surface area contributed by atoms with Crippen molar-refractivity contribution in [3.8, 4) is 17.6 Å². The quantitative estimate of drug-likeness (QED) is 0.932. The summed E-state index contributed by atoms with van der Waals surface area (Å²) in [6.45, 7) is 1.92. The van der Waals surface area contributed by atoms with Crippen LogP contribution in [0.3, 0.4) is 0 Å². The fraction of sp³-hybridized carbons (Fsp3) is 0.250. The molecule has 21 heavy (non-hydrogen) atoms. The van der Waals surface area contributed by atoms with Crippen LogP contribution in [0.25, 0.3) is 0 Å².